The van der Waals surface area contributed by atoms with Crippen molar-refractivity contribution in [2.45, 2.75) is 45.9 Å². The molecule has 0 bridgehead atoms. The summed E-state index contributed by atoms with van der Waals surface area (Å²) in [6, 6.07) is 7.35. The summed E-state index contributed by atoms with van der Waals surface area (Å²) in [4.78, 5) is 16.0. The number of aryl methyl sites for hydroxylation is 2. The van der Waals surface area contributed by atoms with Crippen LogP contribution < -0.4 is 0 Å². The van der Waals surface area contributed by atoms with E-state index in [1.807, 2.05) is 39.0 Å². The van der Waals surface area contributed by atoms with Gasteiger partial charge in [-0.3, -0.25) is 0 Å². The lowest BCUT2D eigenvalue weighted by Crippen LogP contribution is -2.23. The van der Waals surface area contributed by atoms with Gasteiger partial charge in [0.25, 0.3) is 0 Å². The fourth-order valence-electron chi connectivity index (χ4n) is 2.02. The molecule has 0 atom stereocenters. The van der Waals surface area contributed by atoms with Gasteiger partial charge in [0.1, 0.15) is 18.5 Å². The van der Waals surface area contributed by atoms with E-state index in [9.17, 15) is 4.79 Å². The van der Waals surface area contributed by atoms with E-state index >= 15 is 0 Å². The molecule has 1 aromatic carbocycles. The maximum atomic E-state index is 12.1. The fraction of sp³-hybridized carbons (Fsp3) is 0.438. The van der Waals surface area contributed by atoms with Gasteiger partial charge in [0.2, 0.25) is 0 Å². The molecule has 0 unspecified atom stereocenters. The smallest absolute Gasteiger partial charge is 0.338 e. The molecule has 0 aliphatic heterocycles. The lowest BCUT2D eigenvalue weighted by Gasteiger charge is -2.19. The number of nitrogens with zero attached hydrogens (tertiary/aromatic N) is 3. The van der Waals surface area contributed by atoms with E-state index in [2.05, 4.69) is 10.1 Å². The van der Waals surface area contributed by atoms with E-state index in [1.165, 1.54) is 6.33 Å². The summed E-state index contributed by atoms with van der Waals surface area (Å²) in [6.45, 7) is 5.98. The van der Waals surface area contributed by atoms with E-state index in [0.29, 0.717) is 24.4 Å². The first-order chi connectivity index (χ1) is 10.4. The van der Waals surface area contributed by atoms with Crippen molar-refractivity contribution in [1.82, 2.24) is 14.8 Å². The summed E-state index contributed by atoms with van der Waals surface area (Å²) in [5.41, 5.74) is 1.03. The van der Waals surface area contributed by atoms with Gasteiger partial charge in [0, 0.05) is 6.54 Å². The van der Waals surface area contributed by atoms with Crippen molar-refractivity contribution >= 4 is 5.97 Å². The van der Waals surface area contributed by atoms with E-state index in [1.54, 1.807) is 10.7 Å². The Morgan fingerprint density at radius 3 is 2.82 bits per heavy atom. The Balaban J connectivity index is 2.04. The molecule has 1 heterocycles. The van der Waals surface area contributed by atoms with Crippen molar-refractivity contribution in [2.24, 2.45) is 0 Å². The minimum atomic E-state index is -0.510. The molecule has 0 radical (unpaired) electrons. The Morgan fingerprint density at radius 2 is 2.14 bits per heavy atom. The lowest BCUT2D eigenvalue weighted by molar-refractivity contribution is 0.00694. The largest absolute Gasteiger partial charge is 0.456 e. The molecule has 118 valence electrons. The Bertz CT molecular complexity index is 644. The first kappa shape index (κ1) is 16.2. The van der Waals surface area contributed by atoms with Crippen molar-refractivity contribution in [3.8, 4) is 0 Å². The van der Waals surface area contributed by atoms with Crippen molar-refractivity contribution < 1.29 is 14.6 Å². The van der Waals surface area contributed by atoms with Crippen LogP contribution >= 0.6 is 0 Å². The van der Waals surface area contributed by atoms with Crippen LogP contribution in [0.4, 0.5) is 0 Å². The molecule has 0 spiro atoms. The van der Waals surface area contributed by atoms with Crippen molar-refractivity contribution in [1.29, 1.82) is 0 Å². The van der Waals surface area contributed by atoms with Crippen LogP contribution in [-0.2, 0) is 24.3 Å². The number of rotatable bonds is 5. The summed E-state index contributed by atoms with van der Waals surface area (Å²) in [6.07, 6.45) is 2.11. The number of benzene rings is 1. The van der Waals surface area contributed by atoms with Crippen LogP contribution in [0.2, 0.25) is 0 Å². The molecule has 22 heavy (non-hydrogen) atoms. The van der Waals surface area contributed by atoms with E-state index < -0.39 is 5.60 Å². The Hall–Kier alpha value is -2.21. The summed E-state index contributed by atoms with van der Waals surface area (Å²) < 4.78 is 7.02. The number of hydrogen-bond donors (Lipinski definition) is 1. The molecule has 2 rings (SSSR count). The molecular weight excluding hydrogens is 282 g/mol. The van der Waals surface area contributed by atoms with Gasteiger partial charge in [-0.2, -0.15) is 5.10 Å². The highest BCUT2D eigenvalue weighted by molar-refractivity contribution is 5.89. The van der Waals surface area contributed by atoms with Gasteiger partial charge in [-0.15, -0.1) is 0 Å². The average molecular weight is 303 g/mol. The quantitative estimate of drug-likeness (QED) is 0.855. The summed E-state index contributed by atoms with van der Waals surface area (Å²) >= 11 is 0. The van der Waals surface area contributed by atoms with E-state index in [0.717, 1.165) is 5.56 Å². The van der Waals surface area contributed by atoms with Crippen LogP contribution in [0.3, 0.4) is 0 Å². The maximum Gasteiger partial charge on any atom is 0.338 e. The third-order valence-electron chi connectivity index (χ3n) is 3.01. The van der Waals surface area contributed by atoms with Crippen LogP contribution in [0.5, 0.6) is 0 Å². The Kier molecular flexibility index (Phi) is 4.92. The molecule has 1 N–H and O–H groups in total. The SMILES string of the molecule is CC(C)(C)OC(=O)c1cccc(CCn2ncnc2CO)c1. The Morgan fingerprint density at radius 1 is 1.36 bits per heavy atom. The van der Waals surface area contributed by atoms with Gasteiger partial charge < -0.3 is 9.84 Å². The standard InChI is InChI=1S/C16H21N3O3/c1-16(2,3)22-15(21)13-6-4-5-12(9-13)7-8-19-14(10-20)17-11-18-19/h4-6,9,11,20H,7-8,10H2,1-3H3. The van der Waals surface area contributed by atoms with Gasteiger partial charge in [-0.05, 0) is 44.9 Å². The second-order valence-corrected chi connectivity index (χ2v) is 6.01. The number of aliphatic hydroxyl groups excluding tert-OH is 1. The first-order valence-corrected chi connectivity index (χ1v) is 7.19. The number of aromatic nitrogens is 3. The molecule has 0 saturated heterocycles. The number of esters is 1. The summed E-state index contributed by atoms with van der Waals surface area (Å²) in [5, 5.41) is 13.2. The monoisotopic (exact) mass is 303 g/mol. The van der Waals surface area contributed by atoms with Crippen LogP contribution in [0, 0.1) is 0 Å². The van der Waals surface area contributed by atoms with E-state index in [-0.39, 0.29) is 12.6 Å². The second-order valence-electron chi connectivity index (χ2n) is 6.01. The number of aliphatic hydroxyl groups is 1. The number of hydrogen-bond acceptors (Lipinski definition) is 5. The summed E-state index contributed by atoms with van der Waals surface area (Å²) in [5.74, 6) is 0.203. The molecule has 2 aromatic rings. The zero-order chi connectivity index (χ0) is 16.2. The number of carbonyl (C=O) groups excluding carboxylic acids is 1. The van der Waals surface area contributed by atoms with Crippen LogP contribution in [-0.4, -0.2) is 31.4 Å². The van der Waals surface area contributed by atoms with Crippen LogP contribution in [0.25, 0.3) is 0 Å². The van der Waals surface area contributed by atoms with Gasteiger partial charge in [0.15, 0.2) is 5.82 Å². The molecule has 0 saturated carbocycles. The highest BCUT2D eigenvalue weighted by Crippen LogP contribution is 2.14. The summed E-state index contributed by atoms with van der Waals surface area (Å²) in [7, 11) is 0. The second kappa shape index (κ2) is 6.70. The minimum Gasteiger partial charge on any atom is -0.456 e. The van der Waals surface area contributed by atoms with Crippen LogP contribution in [0.15, 0.2) is 30.6 Å². The van der Waals surface area contributed by atoms with Crippen molar-refractivity contribution in [2.75, 3.05) is 0 Å². The first-order valence-electron chi connectivity index (χ1n) is 7.19. The maximum absolute atomic E-state index is 12.1. The molecule has 0 aliphatic carbocycles. The Labute approximate surface area is 129 Å². The topological polar surface area (TPSA) is 77.2 Å². The third kappa shape index (κ3) is 4.39. The molecule has 0 fully saturated rings. The third-order valence-corrected chi connectivity index (χ3v) is 3.01. The zero-order valence-electron chi connectivity index (χ0n) is 13.1. The van der Waals surface area contributed by atoms with Gasteiger partial charge in [-0.25, -0.2) is 14.5 Å². The van der Waals surface area contributed by atoms with Gasteiger partial charge in [0.05, 0.1) is 5.56 Å². The number of carbonyl (C=O) groups is 1. The van der Waals surface area contributed by atoms with E-state index in [4.69, 9.17) is 9.84 Å². The highest BCUT2D eigenvalue weighted by Gasteiger charge is 2.17. The average Bonchev–Trinajstić information content (AvgIpc) is 2.91. The minimum absolute atomic E-state index is 0.141. The fourth-order valence-corrected chi connectivity index (χ4v) is 2.02. The van der Waals surface area contributed by atoms with Crippen LogP contribution in [0.1, 0.15) is 42.5 Å². The predicted octanol–water partition coefficient (Wildman–Crippen LogP) is 1.97. The van der Waals surface area contributed by atoms with Gasteiger partial charge in [-0.1, -0.05) is 12.1 Å². The molecule has 6 nitrogen and oxygen atoms in total. The molecule has 0 amide bonds. The molecule has 6 heteroatoms. The normalized spacial score (nSPS) is 11.5. The predicted molar refractivity (Wildman–Crippen MR) is 81.3 cm³/mol. The van der Waals surface area contributed by atoms with Crippen molar-refractivity contribution in [3.63, 3.8) is 0 Å². The highest BCUT2D eigenvalue weighted by atomic mass is 16.6. The zero-order valence-corrected chi connectivity index (χ0v) is 13.1. The number of ether oxygens (including phenoxy) is 1. The molecule has 1 aromatic heterocycles. The van der Waals surface area contributed by atoms with Gasteiger partial charge >= 0.3 is 5.97 Å². The lowest BCUT2D eigenvalue weighted by atomic mass is 10.1. The molecular formula is C16H21N3O3. The molecule has 0 aliphatic rings. The van der Waals surface area contributed by atoms with Crippen molar-refractivity contribution in [3.05, 3.63) is 47.5 Å².